The van der Waals surface area contributed by atoms with Gasteiger partial charge in [0.05, 0.1) is 5.75 Å². The van der Waals surface area contributed by atoms with Gasteiger partial charge in [-0.3, -0.25) is 14.5 Å². The lowest BCUT2D eigenvalue weighted by atomic mass is 10.1. The summed E-state index contributed by atoms with van der Waals surface area (Å²) in [6.07, 6.45) is 0. The number of thioether (sulfide) groups is 1. The number of hydrogen-bond acceptors (Lipinski definition) is 3. The van der Waals surface area contributed by atoms with E-state index in [0.29, 0.717) is 17.0 Å². The number of carbonyl (C=O) groups excluding carboxylic acids is 2. The van der Waals surface area contributed by atoms with Crippen molar-refractivity contribution >= 4 is 35.0 Å². The third-order valence-electron chi connectivity index (χ3n) is 5.07. The van der Waals surface area contributed by atoms with Crippen LogP contribution in [0.25, 0.3) is 0 Å². The monoisotopic (exact) mass is 420 g/mol. The lowest BCUT2D eigenvalue weighted by Crippen LogP contribution is -2.29. The largest absolute Gasteiger partial charge is 0.322 e. The molecule has 3 aromatic carbocycles. The molecule has 0 bridgehead atoms. The summed E-state index contributed by atoms with van der Waals surface area (Å²) < 4.78 is 13.2. The number of halogens is 1. The molecule has 1 aliphatic rings. The zero-order valence-corrected chi connectivity index (χ0v) is 17.5. The summed E-state index contributed by atoms with van der Waals surface area (Å²) in [5, 5.41) is 2.68. The van der Waals surface area contributed by atoms with Crippen LogP contribution < -0.4 is 10.2 Å². The summed E-state index contributed by atoms with van der Waals surface area (Å²) >= 11 is 1.54. The van der Waals surface area contributed by atoms with Crippen molar-refractivity contribution in [1.82, 2.24) is 0 Å². The van der Waals surface area contributed by atoms with Crippen LogP contribution in [0, 0.1) is 19.7 Å². The number of aryl methyl sites for hydroxylation is 2. The molecule has 0 aromatic heterocycles. The molecule has 3 aromatic rings. The standard InChI is InChI=1S/C24H21FN2O2S/c1-15-7-8-16(2)21(13-15)27-22(28)14-30-24(27)19-5-3-4-6-20(19)26-23(29)17-9-11-18(25)12-10-17/h3-13,24H,14H2,1-2H3,(H,26,29)/t24-/m1/s1. The van der Waals surface area contributed by atoms with Crippen LogP contribution in [0.1, 0.15) is 32.4 Å². The first-order valence-corrected chi connectivity index (χ1v) is 10.7. The van der Waals surface area contributed by atoms with E-state index in [2.05, 4.69) is 5.32 Å². The van der Waals surface area contributed by atoms with Gasteiger partial charge in [-0.15, -0.1) is 11.8 Å². The van der Waals surface area contributed by atoms with Gasteiger partial charge < -0.3 is 5.32 Å². The van der Waals surface area contributed by atoms with Crippen LogP contribution in [0.4, 0.5) is 15.8 Å². The molecular formula is C24H21FN2O2S. The number of carbonyl (C=O) groups is 2. The van der Waals surface area contributed by atoms with Crippen molar-refractivity contribution in [2.45, 2.75) is 19.2 Å². The van der Waals surface area contributed by atoms with Gasteiger partial charge in [0.2, 0.25) is 5.91 Å². The van der Waals surface area contributed by atoms with Crippen LogP contribution in [0.15, 0.2) is 66.7 Å². The Labute approximate surface area is 179 Å². The predicted molar refractivity (Wildman–Crippen MR) is 119 cm³/mol. The molecule has 4 rings (SSSR count). The van der Waals surface area contributed by atoms with Crippen LogP contribution in [-0.4, -0.2) is 17.6 Å². The van der Waals surface area contributed by atoms with E-state index in [-0.39, 0.29) is 17.2 Å². The van der Waals surface area contributed by atoms with E-state index in [1.165, 1.54) is 36.0 Å². The third kappa shape index (κ3) is 3.96. The van der Waals surface area contributed by atoms with Crippen LogP contribution in [0.2, 0.25) is 0 Å². The normalized spacial score (nSPS) is 16.0. The van der Waals surface area contributed by atoms with Gasteiger partial charge in [0, 0.05) is 22.5 Å². The molecule has 4 nitrogen and oxygen atoms in total. The zero-order chi connectivity index (χ0) is 21.3. The SMILES string of the molecule is Cc1ccc(C)c(N2C(=O)CS[C@@H]2c2ccccc2NC(=O)c2ccc(F)cc2)c1. The molecule has 0 saturated carbocycles. The first-order valence-electron chi connectivity index (χ1n) is 9.61. The zero-order valence-electron chi connectivity index (χ0n) is 16.7. The highest BCUT2D eigenvalue weighted by Crippen LogP contribution is 2.45. The molecule has 30 heavy (non-hydrogen) atoms. The van der Waals surface area contributed by atoms with Gasteiger partial charge in [0.15, 0.2) is 0 Å². The quantitative estimate of drug-likeness (QED) is 0.609. The highest BCUT2D eigenvalue weighted by Gasteiger charge is 2.36. The fourth-order valence-corrected chi connectivity index (χ4v) is 4.72. The minimum Gasteiger partial charge on any atom is -0.322 e. The summed E-state index contributed by atoms with van der Waals surface area (Å²) in [6.45, 7) is 3.99. The van der Waals surface area contributed by atoms with Gasteiger partial charge in [-0.2, -0.15) is 0 Å². The molecule has 0 unspecified atom stereocenters. The Balaban J connectivity index is 1.68. The fourth-order valence-electron chi connectivity index (χ4n) is 3.52. The third-order valence-corrected chi connectivity index (χ3v) is 6.27. The lowest BCUT2D eigenvalue weighted by molar-refractivity contribution is -0.115. The van der Waals surface area contributed by atoms with E-state index in [4.69, 9.17) is 0 Å². The first-order chi connectivity index (χ1) is 14.4. The molecule has 152 valence electrons. The Hall–Kier alpha value is -3.12. The number of nitrogens with one attached hydrogen (secondary N) is 1. The molecule has 1 atom stereocenters. The van der Waals surface area contributed by atoms with Crippen LogP contribution >= 0.6 is 11.8 Å². The maximum Gasteiger partial charge on any atom is 0.255 e. The van der Waals surface area contributed by atoms with E-state index >= 15 is 0 Å². The van der Waals surface area contributed by atoms with Crippen molar-refractivity contribution in [2.75, 3.05) is 16.0 Å². The van der Waals surface area contributed by atoms with E-state index in [9.17, 15) is 14.0 Å². The van der Waals surface area contributed by atoms with Crippen molar-refractivity contribution in [3.63, 3.8) is 0 Å². The van der Waals surface area contributed by atoms with Crippen molar-refractivity contribution in [3.05, 3.63) is 94.8 Å². The molecule has 1 N–H and O–H groups in total. The topological polar surface area (TPSA) is 49.4 Å². The Bertz CT molecular complexity index is 1110. The van der Waals surface area contributed by atoms with E-state index in [0.717, 1.165) is 22.4 Å². The van der Waals surface area contributed by atoms with Crippen LogP contribution in [-0.2, 0) is 4.79 Å². The lowest BCUT2D eigenvalue weighted by Gasteiger charge is -2.27. The Morgan fingerprint density at radius 2 is 1.80 bits per heavy atom. The highest BCUT2D eigenvalue weighted by atomic mass is 32.2. The van der Waals surface area contributed by atoms with Gasteiger partial charge in [-0.05, 0) is 61.4 Å². The number of para-hydroxylation sites is 1. The fraction of sp³-hybridized carbons (Fsp3) is 0.167. The Morgan fingerprint density at radius 3 is 2.57 bits per heavy atom. The summed E-state index contributed by atoms with van der Waals surface area (Å²) in [4.78, 5) is 27.3. The van der Waals surface area contributed by atoms with Gasteiger partial charge in [0.1, 0.15) is 11.2 Å². The minimum absolute atomic E-state index is 0.0402. The second-order valence-corrected chi connectivity index (χ2v) is 8.33. The number of hydrogen-bond donors (Lipinski definition) is 1. The molecule has 1 aliphatic heterocycles. The highest BCUT2D eigenvalue weighted by molar-refractivity contribution is 8.00. The number of rotatable bonds is 4. The minimum atomic E-state index is -0.392. The smallest absolute Gasteiger partial charge is 0.255 e. The van der Waals surface area contributed by atoms with Crippen molar-refractivity contribution in [1.29, 1.82) is 0 Å². The predicted octanol–water partition coefficient (Wildman–Crippen LogP) is 5.47. The van der Waals surface area contributed by atoms with Crippen molar-refractivity contribution < 1.29 is 14.0 Å². The van der Waals surface area contributed by atoms with Crippen LogP contribution in [0.5, 0.6) is 0 Å². The second kappa shape index (κ2) is 8.32. The summed E-state index contributed by atoms with van der Waals surface area (Å²) in [7, 11) is 0. The summed E-state index contributed by atoms with van der Waals surface area (Å²) in [6, 6.07) is 19.0. The molecule has 0 radical (unpaired) electrons. The summed E-state index contributed by atoms with van der Waals surface area (Å²) in [5.41, 5.74) is 4.84. The molecule has 0 aliphatic carbocycles. The average Bonchev–Trinajstić information content (AvgIpc) is 3.11. The van der Waals surface area contributed by atoms with Gasteiger partial charge in [-0.1, -0.05) is 30.3 Å². The maximum absolute atomic E-state index is 13.2. The van der Waals surface area contributed by atoms with E-state index in [1.54, 1.807) is 0 Å². The number of benzene rings is 3. The molecular weight excluding hydrogens is 399 g/mol. The second-order valence-electron chi connectivity index (χ2n) is 7.27. The molecule has 0 spiro atoms. The molecule has 2 amide bonds. The molecule has 1 heterocycles. The Morgan fingerprint density at radius 1 is 1.07 bits per heavy atom. The first kappa shape index (κ1) is 20.2. The van der Waals surface area contributed by atoms with Gasteiger partial charge in [-0.25, -0.2) is 4.39 Å². The van der Waals surface area contributed by atoms with Gasteiger partial charge >= 0.3 is 0 Å². The Kier molecular flexibility index (Phi) is 5.59. The van der Waals surface area contributed by atoms with E-state index in [1.807, 2.05) is 61.2 Å². The summed E-state index contributed by atoms with van der Waals surface area (Å²) in [5.74, 6) is -0.302. The maximum atomic E-state index is 13.2. The molecule has 1 saturated heterocycles. The molecule has 6 heteroatoms. The van der Waals surface area contributed by atoms with Crippen LogP contribution in [0.3, 0.4) is 0 Å². The number of anilines is 2. The molecule has 1 fully saturated rings. The average molecular weight is 421 g/mol. The van der Waals surface area contributed by atoms with Crippen molar-refractivity contribution in [3.8, 4) is 0 Å². The number of nitrogens with zero attached hydrogens (tertiary/aromatic N) is 1. The van der Waals surface area contributed by atoms with E-state index < -0.39 is 5.82 Å². The number of amides is 2. The van der Waals surface area contributed by atoms with Crippen molar-refractivity contribution in [2.24, 2.45) is 0 Å². The van der Waals surface area contributed by atoms with Gasteiger partial charge in [0.25, 0.3) is 5.91 Å².